The van der Waals surface area contributed by atoms with E-state index in [1.54, 1.807) is 56.9 Å². The Morgan fingerprint density at radius 1 is 1.16 bits per heavy atom. The SMILES string of the molecule is COc1ccc(OC)c2sc(N(Cc3cccnc3)C(=O)c3ccc(N4CCOCC4)c([N+](=O)[O-])c3)nc12. The molecule has 0 spiro atoms. The van der Waals surface area contributed by atoms with Crippen LogP contribution in [0.1, 0.15) is 15.9 Å². The number of carbonyl (C=O) groups excluding carboxylic acids is 1. The maximum atomic E-state index is 14.0. The number of ether oxygens (including phenoxy) is 3. The van der Waals surface area contributed by atoms with Gasteiger partial charge in [-0.05, 0) is 35.9 Å². The van der Waals surface area contributed by atoms with Gasteiger partial charge in [0.15, 0.2) is 5.13 Å². The van der Waals surface area contributed by atoms with Crippen molar-refractivity contribution >= 4 is 44.0 Å². The van der Waals surface area contributed by atoms with E-state index in [-0.39, 0.29) is 17.8 Å². The van der Waals surface area contributed by atoms with Crippen molar-refractivity contribution in [1.29, 1.82) is 0 Å². The topological polar surface area (TPSA) is 120 Å². The normalized spacial score (nSPS) is 13.4. The van der Waals surface area contributed by atoms with Gasteiger partial charge in [-0.1, -0.05) is 17.4 Å². The second-order valence-electron chi connectivity index (χ2n) is 8.46. The third kappa shape index (κ3) is 4.95. The summed E-state index contributed by atoms with van der Waals surface area (Å²) >= 11 is 1.28. The van der Waals surface area contributed by atoms with Gasteiger partial charge in [-0.25, -0.2) is 4.98 Å². The Labute approximate surface area is 222 Å². The van der Waals surface area contributed by atoms with E-state index in [0.29, 0.717) is 54.1 Å². The highest BCUT2D eigenvalue weighted by atomic mass is 32.1. The Hall–Kier alpha value is -4.29. The molecule has 2 aromatic carbocycles. The molecule has 11 nitrogen and oxygen atoms in total. The first-order valence-corrected chi connectivity index (χ1v) is 12.6. The van der Waals surface area contributed by atoms with E-state index in [1.165, 1.54) is 22.3 Å². The van der Waals surface area contributed by atoms with Gasteiger partial charge in [0.25, 0.3) is 11.6 Å². The Balaban J connectivity index is 1.59. The minimum Gasteiger partial charge on any atom is -0.495 e. The third-order valence-corrected chi connectivity index (χ3v) is 7.30. The molecule has 1 amide bonds. The number of nitro benzene ring substituents is 1. The van der Waals surface area contributed by atoms with Crippen molar-refractivity contribution in [2.24, 2.45) is 0 Å². The van der Waals surface area contributed by atoms with Crippen LogP contribution in [0.25, 0.3) is 10.2 Å². The highest BCUT2D eigenvalue weighted by Gasteiger charge is 2.28. The molecule has 0 atom stereocenters. The summed E-state index contributed by atoms with van der Waals surface area (Å²) in [7, 11) is 3.11. The summed E-state index contributed by atoms with van der Waals surface area (Å²) in [5, 5.41) is 12.4. The first-order chi connectivity index (χ1) is 18.5. The van der Waals surface area contributed by atoms with Crippen LogP contribution in [0.4, 0.5) is 16.5 Å². The fourth-order valence-corrected chi connectivity index (χ4v) is 5.39. The number of fused-ring (bicyclic) bond motifs is 1. The van der Waals surface area contributed by atoms with E-state index >= 15 is 0 Å². The van der Waals surface area contributed by atoms with E-state index in [0.717, 1.165) is 10.3 Å². The van der Waals surface area contributed by atoms with Crippen LogP contribution in [0.2, 0.25) is 0 Å². The Morgan fingerprint density at radius 3 is 2.61 bits per heavy atom. The van der Waals surface area contributed by atoms with E-state index < -0.39 is 10.8 Å². The lowest BCUT2D eigenvalue weighted by atomic mass is 10.1. The quantitative estimate of drug-likeness (QED) is 0.240. The number of hydrogen-bond acceptors (Lipinski definition) is 10. The largest absolute Gasteiger partial charge is 0.495 e. The zero-order valence-electron chi connectivity index (χ0n) is 20.8. The number of amides is 1. The zero-order valence-corrected chi connectivity index (χ0v) is 21.6. The molecule has 38 heavy (non-hydrogen) atoms. The molecule has 5 rings (SSSR count). The summed E-state index contributed by atoms with van der Waals surface area (Å²) in [5.74, 6) is 0.717. The predicted octanol–water partition coefficient (Wildman–Crippen LogP) is 4.30. The molecule has 1 aliphatic heterocycles. The van der Waals surface area contributed by atoms with Crippen molar-refractivity contribution in [2.45, 2.75) is 6.54 Å². The maximum Gasteiger partial charge on any atom is 0.293 e. The monoisotopic (exact) mass is 535 g/mol. The molecule has 1 aliphatic rings. The van der Waals surface area contributed by atoms with Gasteiger partial charge in [0.1, 0.15) is 27.4 Å². The van der Waals surface area contributed by atoms with Crippen molar-refractivity contribution in [3.05, 3.63) is 76.1 Å². The molecule has 2 aromatic heterocycles. The lowest BCUT2D eigenvalue weighted by Crippen LogP contribution is -2.36. The van der Waals surface area contributed by atoms with Gasteiger partial charge < -0.3 is 19.1 Å². The number of anilines is 2. The van der Waals surface area contributed by atoms with Crippen LogP contribution in [0.15, 0.2) is 54.9 Å². The molecule has 0 radical (unpaired) electrons. The first kappa shape index (κ1) is 25.4. The minimum atomic E-state index is -0.458. The molecule has 0 N–H and O–H groups in total. The van der Waals surface area contributed by atoms with Crippen molar-refractivity contribution in [3.8, 4) is 11.5 Å². The zero-order chi connectivity index (χ0) is 26.6. The van der Waals surface area contributed by atoms with E-state index in [1.807, 2.05) is 11.0 Å². The van der Waals surface area contributed by atoms with Gasteiger partial charge in [0.2, 0.25) is 0 Å². The van der Waals surface area contributed by atoms with E-state index in [4.69, 9.17) is 19.2 Å². The van der Waals surface area contributed by atoms with Gasteiger partial charge >= 0.3 is 0 Å². The highest BCUT2D eigenvalue weighted by molar-refractivity contribution is 7.22. The molecule has 0 unspecified atom stereocenters. The standard InChI is InChI=1S/C26H25N5O6S/c1-35-21-7-8-22(36-2)24-23(21)28-26(38-24)30(16-17-4-3-9-27-15-17)25(32)18-5-6-19(20(14-18)31(33)34)29-10-12-37-13-11-29/h3-9,14-15H,10-13,16H2,1-2H3. The summed E-state index contributed by atoms with van der Waals surface area (Å²) in [6.07, 6.45) is 3.32. The number of benzene rings is 2. The van der Waals surface area contributed by atoms with Crippen LogP contribution in [-0.4, -0.2) is 61.3 Å². The number of hydrogen-bond donors (Lipinski definition) is 0. The van der Waals surface area contributed by atoms with Crippen LogP contribution >= 0.6 is 11.3 Å². The molecule has 4 aromatic rings. The second kappa shape index (κ2) is 11.0. The molecular weight excluding hydrogens is 510 g/mol. The van der Waals surface area contributed by atoms with Crippen LogP contribution in [0.5, 0.6) is 11.5 Å². The highest BCUT2D eigenvalue weighted by Crippen LogP contribution is 2.41. The summed E-state index contributed by atoms with van der Waals surface area (Å²) in [4.78, 5) is 37.8. The van der Waals surface area contributed by atoms with Gasteiger partial charge in [0.05, 0.1) is 38.9 Å². The molecule has 3 heterocycles. The molecule has 0 saturated carbocycles. The number of rotatable bonds is 8. The molecule has 0 aliphatic carbocycles. The van der Waals surface area contributed by atoms with E-state index in [9.17, 15) is 14.9 Å². The smallest absolute Gasteiger partial charge is 0.293 e. The number of morpholine rings is 1. The Bertz CT molecular complexity index is 1430. The third-order valence-electron chi connectivity index (χ3n) is 6.21. The summed E-state index contributed by atoms with van der Waals surface area (Å²) in [6.45, 7) is 2.21. The summed E-state index contributed by atoms with van der Waals surface area (Å²) in [5.41, 5.74) is 1.84. The minimum absolute atomic E-state index is 0.133. The molecule has 1 saturated heterocycles. The van der Waals surface area contributed by atoms with Crippen LogP contribution < -0.4 is 19.3 Å². The molecule has 12 heteroatoms. The Morgan fingerprint density at radius 2 is 1.92 bits per heavy atom. The Kier molecular flexibility index (Phi) is 7.33. The first-order valence-electron chi connectivity index (χ1n) is 11.8. The number of aromatic nitrogens is 2. The lowest BCUT2D eigenvalue weighted by Gasteiger charge is -2.28. The fraction of sp³-hybridized carbons (Fsp3) is 0.269. The number of thiazole rings is 1. The van der Waals surface area contributed by atoms with Crippen molar-refractivity contribution < 1.29 is 23.9 Å². The molecule has 0 bridgehead atoms. The van der Waals surface area contributed by atoms with Crippen molar-refractivity contribution in [3.63, 3.8) is 0 Å². The average Bonchev–Trinajstić information content (AvgIpc) is 3.41. The fourth-order valence-electron chi connectivity index (χ4n) is 4.32. The van der Waals surface area contributed by atoms with Gasteiger partial charge in [-0.15, -0.1) is 0 Å². The summed E-state index contributed by atoms with van der Waals surface area (Å²) in [6, 6.07) is 11.7. The molecule has 196 valence electrons. The maximum absolute atomic E-state index is 14.0. The molecular formula is C26H25N5O6S. The van der Waals surface area contributed by atoms with Gasteiger partial charge in [0, 0.05) is 37.1 Å². The van der Waals surface area contributed by atoms with Gasteiger partial charge in [-0.3, -0.25) is 24.8 Å². The number of nitro groups is 1. The van der Waals surface area contributed by atoms with E-state index in [2.05, 4.69) is 4.98 Å². The van der Waals surface area contributed by atoms with Crippen molar-refractivity contribution in [1.82, 2.24) is 9.97 Å². The van der Waals surface area contributed by atoms with Crippen LogP contribution in [0, 0.1) is 10.1 Å². The predicted molar refractivity (Wildman–Crippen MR) is 144 cm³/mol. The van der Waals surface area contributed by atoms with Gasteiger partial charge in [-0.2, -0.15) is 0 Å². The molecule has 1 fully saturated rings. The average molecular weight is 536 g/mol. The van der Waals surface area contributed by atoms with Crippen LogP contribution in [-0.2, 0) is 11.3 Å². The summed E-state index contributed by atoms with van der Waals surface area (Å²) < 4.78 is 17.1. The number of pyridine rings is 1. The number of nitrogens with zero attached hydrogens (tertiary/aromatic N) is 5. The second-order valence-corrected chi connectivity index (χ2v) is 9.43. The number of carbonyl (C=O) groups is 1. The van der Waals surface area contributed by atoms with Crippen molar-refractivity contribution in [2.75, 3.05) is 50.3 Å². The number of methoxy groups -OCH3 is 2. The van der Waals surface area contributed by atoms with Crippen LogP contribution in [0.3, 0.4) is 0 Å². The lowest BCUT2D eigenvalue weighted by molar-refractivity contribution is -0.384.